The van der Waals surface area contributed by atoms with Crippen molar-refractivity contribution in [1.82, 2.24) is 0 Å². The minimum Gasteiger partial charge on any atom is -0.378 e. The first-order chi connectivity index (χ1) is 9.47. The van der Waals surface area contributed by atoms with Crippen LogP contribution in [0.2, 0.25) is 0 Å². The van der Waals surface area contributed by atoms with Gasteiger partial charge in [0.2, 0.25) is 0 Å². The number of nitrogens with one attached hydrogen (secondary N) is 1. The van der Waals surface area contributed by atoms with Crippen LogP contribution in [0.15, 0.2) is 40.9 Å². The normalized spacial score (nSPS) is 10.3. The van der Waals surface area contributed by atoms with Crippen LogP contribution in [0, 0.1) is 21.7 Å². The number of halogens is 3. The quantitative estimate of drug-likeness (QED) is 0.667. The topological polar surface area (TPSA) is 55.2 Å². The summed E-state index contributed by atoms with van der Waals surface area (Å²) in [5, 5.41) is 13.4. The molecule has 4 nitrogen and oxygen atoms in total. The van der Waals surface area contributed by atoms with Gasteiger partial charge in [0.25, 0.3) is 5.69 Å². The average Bonchev–Trinajstić information content (AvgIpc) is 2.41. The van der Waals surface area contributed by atoms with Crippen molar-refractivity contribution >= 4 is 27.3 Å². The van der Waals surface area contributed by atoms with Crippen LogP contribution in [0.3, 0.4) is 0 Å². The van der Waals surface area contributed by atoms with Crippen molar-refractivity contribution in [1.29, 1.82) is 0 Å². The third-order valence-electron chi connectivity index (χ3n) is 2.64. The van der Waals surface area contributed by atoms with E-state index in [4.69, 9.17) is 0 Å². The van der Waals surface area contributed by atoms with E-state index < -0.39 is 16.6 Å². The molecular formula is C13H9BrF2N2O2. The molecule has 0 aromatic heterocycles. The van der Waals surface area contributed by atoms with E-state index >= 15 is 0 Å². The fourth-order valence-electron chi connectivity index (χ4n) is 1.63. The van der Waals surface area contributed by atoms with Crippen molar-refractivity contribution < 1.29 is 13.7 Å². The molecule has 2 aromatic carbocycles. The molecule has 0 radical (unpaired) electrons. The number of hydrogen-bond donors (Lipinski definition) is 1. The lowest BCUT2D eigenvalue weighted by molar-refractivity contribution is -0.384. The first-order valence-electron chi connectivity index (χ1n) is 5.59. The number of hydrogen-bond acceptors (Lipinski definition) is 3. The summed E-state index contributed by atoms with van der Waals surface area (Å²) in [6.45, 7) is 0.135. The molecule has 0 bridgehead atoms. The highest BCUT2D eigenvalue weighted by molar-refractivity contribution is 9.10. The highest BCUT2D eigenvalue weighted by Gasteiger charge is 2.11. The second kappa shape index (κ2) is 5.96. The lowest BCUT2D eigenvalue weighted by Crippen LogP contribution is -2.03. The van der Waals surface area contributed by atoms with Crippen molar-refractivity contribution in [3.63, 3.8) is 0 Å². The minimum absolute atomic E-state index is 0.00430. The Bertz CT molecular complexity index is 665. The van der Waals surface area contributed by atoms with Crippen molar-refractivity contribution in [3.8, 4) is 0 Å². The van der Waals surface area contributed by atoms with Gasteiger partial charge in [-0.1, -0.05) is 15.9 Å². The molecule has 0 spiro atoms. The van der Waals surface area contributed by atoms with Gasteiger partial charge < -0.3 is 5.32 Å². The largest absolute Gasteiger partial charge is 0.378 e. The van der Waals surface area contributed by atoms with Crippen LogP contribution < -0.4 is 5.32 Å². The lowest BCUT2D eigenvalue weighted by Gasteiger charge is -2.09. The van der Waals surface area contributed by atoms with Crippen LogP contribution in [0.4, 0.5) is 20.2 Å². The molecule has 0 amide bonds. The predicted molar refractivity (Wildman–Crippen MR) is 74.5 cm³/mol. The number of nitrogens with zero attached hydrogens (tertiary/aromatic N) is 1. The zero-order chi connectivity index (χ0) is 14.7. The number of benzene rings is 2. The molecule has 0 aliphatic rings. The first kappa shape index (κ1) is 14.4. The summed E-state index contributed by atoms with van der Waals surface area (Å²) in [6, 6.07) is 7.33. The molecule has 1 N–H and O–H groups in total. The van der Waals surface area contributed by atoms with Gasteiger partial charge >= 0.3 is 0 Å². The predicted octanol–water partition coefficient (Wildman–Crippen LogP) is 4.25. The fourth-order valence-corrected chi connectivity index (χ4v) is 2.02. The van der Waals surface area contributed by atoms with Gasteiger partial charge in [0.15, 0.2) is 0 Å². The fraction of sp³-hybridized carbons (Fsp3) is 0.0769. The Morgan fingerprint density at radius 2 is 1.95 bits per heavy atom. The molecule has 0 heterocycles. The summed E-state index contributed by atoms with van der Waals surface area (Å²) in [4.78, 5) is 10.0. The Morgan fingerprint density at radius 1 is 1.20 bits per heavy atom. The van der Waals surface area contributed by atoms with Gasteiger partial charge in [-0.15, -0.1) is 0 Å². The van der Waals surface area contributed by atoms with Crippen LogP contribution in [0.25, 0.3) is 0 Å². The van der Waals surface area contributed by atoms with E-state index in [1.165, 1.54) is 18.2 Å². The molecule has 2 aromatic rings. The van der Waals surface area contributed by atoms with Crippen LogP contribution in [-0.2, 0) is 6.54 Å². The zero-order valence-electron chi connectivity index (χ0n) is 10.1. The maximum Gasteiger partial charge on any atom is 0.271 e. The van der Waals surface area contributed by atoms with Gasteiger partial charge in [0.05, 0.1) is 10.6 Å². The summed E-state index contributed by atoms with van der Waals surface area (Å²) in [5.74, 6) is -1.02. The van der Waals surface area contributed by atoms with Gasteiger partial charge in [-0.25, -0.2) is 8.78 Å². The molecule has 2 rings (SSSR count). The molecule has 0 fully saturated rings. The van der Waals surface area contributed by atoms with Gasteiger partial charge in [-0.05, 0) is 29.8 Å². The molecule has 104 valence electrons. The van der Waals surface area contributed by atoms with E-state index in [2.05, 4.69) is 21.2 Å². The van der Waals surface area contributed by atoms with E-state index in [-0.39, 0.29) is 17.9 Å². The molecule has 7 heteroatoms. The third-order valence-corrected chi connectivity index (χ3v) is 3.41. The molecule has 20 heavy (non-hydrogen) atoms. The summed E-state index contributed by atoms with van der Waals surface area (Å²) < 4.78 is 27.3. The summed E-state index contributed by atoms with van der Waals surface area (Å²) in [5.41, 5.74) is 0.360. The standard InChI is InChI=1S/C13H9BrF2N2O2/c14-11-3-1-9(15)5-8(11)7-17-13-6-10(18(19)20)2-4-12(13)16/h1-6,17H,7H2. The maximum absolute atomic E-state index is 13.5. The smallest absolute Gasteiger partial charge is 0.271 e. The lowest BCUT2D eigenvalue weighted by atomic mass is 10.2. The van der Waals surface area contributed by atoms with Gasteiger partial charge in [0.1, 0.15) is 11.6 Å². The van der Waals surface area contributed by atoms with E-state index in [1.807, 2.05) is 0 Å². The molecule has 0 aliphatic carbocycles. The second-order valence-corrected chi connectivity index (χ2v) is 4.86. The maximum atomic E-state index is 13.5. The van der Waals surface area contributed by atoms with E-state index in [0.717, 1.165) is 18.2 Å². The Kier molecular flexibility index (Phi) is 4.29. The Hall–Kier alpha value is -2.02. The molecule has 0 aliphatic heterocycles. The van der Waals surface area contributed by atoms with Crippen molar-refractivity contribution in [2.45, 2.75) is 6.54 Å². The summed E-state index contributed by atoms with van der Waals surface area (Å²) in [6.07, 6.45) is 0. The zero-order valence-corrected chi connectivity index (χ0v) is 11.7. The number of non-ortho nitro benzene ring substituents is 1. The van der Waals surface area contributed by atoms with E-state index in [1.54, 1.807) is 0 Å². The Labute approximate surface area is 121 Å². The van der Waals surface area contributed by atoms with Gasteiger partial charge in [0, 0.05) is 23.2 Å². The van der Waals surface area contributed by atoms with Crippen molar-refractivity contribution in [2.75, 3.05) is 5.32 Å². The monoisotopic (exact) mass is 342 g/mol. The molecule has 0 saturated carbocycles. The second-order valence-electron chi connectivity index (χ2n) is 4.01. The Morgan fingerprint density at radius 3 is 2.65 bits per heavy atom. The van der Waals surface area contributed by atoms with Gasteiger partial charge in [-0.3, -0.25) is 10.1 Å². The Balaban J connectivity index is 2.20. The summed E-state index contributed by atoms with van der Waals surface area (Å²) in [7, 11) is 0. The average molecular weight is 343 g/mol. The van der Waals surface area contributed by atoms with Crippen molar-refractivity contribution in [2.24, 2.45) is 0 Å². The molecule has 0 unspecified atom stereocenters. The number of anilines is 1. The third kappa shape index (κ3) is 3.30. The van der Waals surface area contributed by atoms with Crippen LogP contribution in [0.1, 0.15) is 5.56 Å². The molecule has 0 atom stereocenters. The van der Waals surface area contributed by atoms with Crippen LogP contribution >= 0.6 is 15.9 Å². The molecular weight excluding hydrogens is 334 g/mol. The number of rotatable bonds is 4. The van der Waals surface area contributed by atoms with Crippen LogP contribution in [0.5, 0.6) is 0 Å². The number of nitro groups is 1. The number of nitro benzene ring substituents is 1. The van der Waals surface area contributed by atoms with Crippen molar-refractivity contribution in [3.05, 3.63) is 68.2 Å². The van der Waals surface area contributed by atoms with Gasteiger partial charge in [-0.2, -0.15) is 0 Å². The van der Waals surface area contributed by atoms with E-state index in [9.17, 15) is 18.9 Å². The van der Waals surface area contributed by atoms with Crippen LogP contribution in [-0.4, -0.2) is 4.92 Å². The summed E-state index contributed by atoms with van der Waals surface area (Å²) >= 11 is 3.25. The highest BCUT2D eigenvalue weighted by atomic mass is 79.9. The molecule has 0 saturated heterocycles. The van der Waals surface area contributed by atoms with E-state index in [0.29, 0.717) is 10.0 Å². The SMILES string of the molecule is O=[N+]([O-])c1ccc(F)c(NCc2cc(F)ccc2Br)c1. The highest BCUT2D eigenvalue weighted by Crippen LogP contribution is 2.23. The minimum atomic E-state index is -0.608. The first-order valence-corrected chi connectivity index (χ1v) is 6.38.